The average Bonchev–Trinajstić information content (AvgIpc) is 2.99. The first kappa shape index (κ1) is 34.7. The van der Waals surface area contributed by atoms with E-state index in [2.05, 4.69) is 59.1 Å². The summed E-state index contributed by atoms with van der Waals surface area (Å²) < 4.78 is 11.7. The lowest BCUT2D eigenvalue weighted by Gasteiger charge is -2.23. The van der Waals surface area contributed by atoms with Crippen LogP contribution in [0.1, 0.15) is 131 Å². The van der Waals surface area contributed by atoms with Gasteiger partial charge in [-0.05, 0) is 70.3 Å². The third-order valence-corrected chi connectivity index (χ3v) is 7.85. The Morgan fingerprint density at radius 1 is 0.659 bits per heavy atom. The van der Waals surface area contributed by atoms with Crippen molar-refractivity contribution in [2.24, 2.45) is 0 Å². The number of ether oxygens (including phenoxy) is 2. The first-order valence-corrected chi connectivity index (χ1v) is 16.0. The summed E-state index contributed by atoms with van der Waals surface area (Å²) in [5.74, 6) is 0.602. The Kier molecular flexibility index (Phi) is 12.4. The van der Waals surface area contributed by atoms with Crippen molar-refractivity contribution in [2.75, 3.05) is 13.7 Å². The van der Waals surface area contributed by atoms with E-state index in [1.807, 2.05) is 66.7 Å². The number of hydrogen-bond donors (Lipinski definition) is 2. The van der Waals surface area contributed by atoms with Crippen LogP contribution in [-0.4, -0.2) is 25.5 Å². The quantitative estimate of drug-likeness (QED) is 0.143. The average molecular weight is 601 g/mol. The van der Waals surface area contributed by atoms with Gasteiger partial charge in [0.25, 0.3) is 11.8 Å². The number of amides is 2. The van der Waals surface area contributed by atoms with Gasteiger partial charge in [-0.2, -0.15) is 0 Å². The highest BCUT2D eigenvalue weighted by atomic mass is 16.5. The number of benzene rings is 3. The van der Waals surface area contributed by atoms with Crippen LogP contribution in [0.2, 0.25) is 0 Å². The summed E-state index contributed by atoms with van der Waals surface area (Å²) >= 11 is 0. The minimum atomic E-state index is -0.805. The molecular weight excluding hydrogens is 548 g/mol. The van der Waals surface area contributed by atoms with E-state index >= 15 is 0 Å². The molecule has 3 rings (SSSR count). The summed E-state index contributed by atoms with van der Waals surface area (Å²) in [6, 6.07) is 20.7. The second-order valence-corrected chi connectivity index (χ2v) is 13.6. The van der Waals surface area contributed by atoms with Gasteiger partial charge in [-0.15, -0.1) is 0 Å². The van der Waals surface area contributed by atoms with Crippen LogP contribution in [0, 0.1) is 0 Å². The molecule has 0 aliphatic heterocycles. The normalized spacial score (nSPS) is 11.8. The highest BCUT2D eigenvalue weighted by Crippen LogP contribution is 2.31. The molecule has 0 spiro atoms. The number of nitrogens with one attached hydrogen (secondary N) is 2. The van der Waals surface area contributed by atoms with Crippen LogP contribution in [0.15, 0.2) is 66.7 Å². The van der Waals surface area contributed by atoms with Crippen molar-refractivity contribution in [3.05, 3.63) is 94.5 Å². The van der Waals surface area contributed by atoms with Crippen molar-refractivity contribution in [3.63, 3.8) is 0 Å². The SMILES string of the molecule is CCCCCCCCOc1ccc(C(NC(=O)c2ccc(C(C)(C)C)cc2)NC(=O)c2ccc(C(C)(C)C)cc2)cc1OC. The van der Waals surface area contributed by atoms with E-state index in [1.165, 1.54) is 25.7 Å². The van der Waals surface area contributed by atoms with E-state index in [4.69, 9.17) is 9.47 Å². The lowest BCUT2D eigenvalue weighted by molar-refractivity contribution is 0.0883. The van der Waals surface area contributed by atoms with Gasteiger partial charge in [-0.1, -0.05) is 111 Å². The fourth-order valence-electron chi connectivity index (χ4n) is 4.92. The van der Waals surface area contributed by atoms with Crippen molar-refractivity contribution in [1.82, 2.24) is 10.6 Å². The maximum atomic E-state index is 13.4. The molecule has 3 aromatic rings. The molecule has 0 radical (unpaired) electrons. The van der Waals surface area contributed by atoms with Gasteiger partial charge in [-0.25, -0.2) is 0 Å². The lowest BCUT2D eigenvalue weighted by Crippen LogP contribution is -2.41. The van der Waals surface area contributed by atoms with Crippen molar-refractivity contribution >= 4 is 11.8 Å². The van der Waals surface area contributed by atoms with Gasteiger partial charge in [0.2, 0.25) is 0 Å². The molecule has 0 saturated heterocycles. The number of unbranched alkanes of at least 4 members (excludes halogenated alkanes) is 5. The van der Waals surface area contributed by atoms with E-state index in [0.717, 1.165) is 24.0 Å². The summed E-state index contributed by atoms with van der Waals surface area (Å²) in [6.07, 6.45) is 6.28. The first-order chi connectivity index (χ1) is 20.8. The zero-order valence-electron chi connectivity index (χ0n) is 28.0. The summed E-state index contributed by atoms with van der Waals surface area (Å²) in [6.45, 7) is 15.6. The van der Waals surface area contributed by atoms with E-state index in [9.17, 15) is 9.59 Å². The van der Waals surface area contributed by atoms with E-state index < -0.39 is 6.17 Å². The molecular formula is C38H52N2O4. The van der Waals surface area contributed by atoms with Gasteiger partial charge >= 0.3 is 0 Å². The number of rotatable bonds is 14. The minimum Gasteiger partial charge on any atom is -0.493 e. The molecule has 0 unspecified atom stereocenters. The molecule has 0 aromatic heterocycles. The Balaban J connectivity index is 1.82. The highest BCUT2D eigenvalue weighted by molar-refractivity contribution is 5.97. The molecule has 0 bridgehead atoms. The lowest BCUT2D eigenvalue weighted by atomic mass is 9.86. The standard InChI is InChI=1S/C38H52N2O4/c1-9-10-11-12-13-14-25-44-32-24-19-29(26-33(32)43-8)34(39-35(41)27-15-20-30(21-16-27)37(2,3)4)40-36(42)28-17-22-31(23-18-28)38(5,6)7/h15-24,26,34H,9-14,25H2,1-8H3,(H,39,41)(H,40,42). The zero-order chi connectivity index (χ0) is 32.3. The molecule has 6 nitrogen and oxygen atoms in total. The second-order valence-electron chi connectivity index (χ2n) is 13.6. The Labute approximate surface area is 264 Å². The number of carbonyl (C=O) groups is 2. The molecule has 2 amide bonds. The van der Waals surface area contributed by atoms with Crippen LogP contribution in [0.3, 0.4) is 0 Å². The van der Waals surface area contributed by atoms with Gasteiger partial charge in [0.15, 0.2) is 11.5 Å². The number of hydrogen-bond acceptors (Lipinski definition) is 4. The minimum absolute atomic E-state index is 0.0243. The predicted molar refractivity (Wildman–Crippen MR) is 180 cm³/mol. The van der Waals surface area contributed by atoms with Gasteiger partial charge < -0.3 is 20.1 Å². The molecule has 2 N–H and O–H groups in total. The van der Waals surface area contributed by atoms with Crippen LogP contribution in [0.4, 0.5) is 0 Å². The molecule has 0 atom stereocenters. The van der Waals surface area contributed by atoms with E-state index in [-0.39, 0.29) is 22.6 Å². The van der Waals surface area contributed by atoms with Crippen molar-refractivity contribution in [3.8, 4) is 11.5 Å². The fourth-order valence-corrected chi connectivity index (χ4v) is 4.92. The summed E-state index contributed by atoms with van der Waals surface area (Å²) in [5, 5.41) is 6.05. The summed E-state index contributed by atoms with van der Waals surface area (Å²) in [5.41, 5.74) is 3.92. The molecule has 0 saturated carbocycles. The Morgan fingerprint density at radius 3 is 1.59 bits per heavy atom. The summed E-state index contributed by atoms with van der Waals surface area (Å²) in [7, 11) is 1.59. The van der Waals surface area contributed by atoms with Crippen molar-refractivity contribution < 1.29 is 19.1 Å². The van der Waals surface area contributed by atoms with Crippen LogP contribution in [0.5, 0.6) is 11.5 Å². The molecule has 3 aromatic carbocycles. The zero-order valence-corrected chi connectivity index (χ0v) is 28.0. The second kappa shape index (κ2) is 15.8. The monoisotopic (exact) mass is 600 g/mol. The largest absolute Gasteiger partial charge is 0.493 e. The van der Waals surface area contributed by atoms with E-state index in [0.29, 0.717) is 34.8 Å². The third kappa shape index (κ3) is 10.1. The third-order valence-electron chi connectivity index (χ3n) is 7.85. The molecule has 0 heterocycles. The molecule has 238 valence electrons. The molecule has 0 fully saturated rings. The van der Waals surface area contributed by atoms with E-state index in [1.54, 1.807) is 7.11 Å². The number of carbonyl (C=O) groups excluding carboxylic acids is 2. The van der Waals surface area contributed by atoms with Gasteiger partial charge in [0.05, 0.1) is 13.7 Å². The Bertz CT molecular complexity index is 1280. The molecule has 44 heavy (non-hydrogen) atoms. The Morgan fingerprint density at radius 2 is 1.14 bits per heavy atom. The fraction of sp³-hybridized carbons (Fsp3) is 0.474. The van der Waals surface area contributed by atoms with Gasteiger partial charge in [-0.3, -0.25) is 9.59 Å². The van der Waals surface area contributed by atoms with Crippen LogP contribution in [0.25, 0.3) is 0 Å². The molecule has 0 aliphatic carbocycles. The van der Waals surface area contributed by atoms with Gasteiger partial charge in [0.1, 0.15) is 6.17 Å². The van der Waals surface area contributed by atoms with Crippen molar-refractivity contribution in [1.29, 1.82) is 0 Å². The first-order valence-electron chi connectivity index (χ1n) is 16.0. The predicted octanol–water partition coefficient (Wildman–Crippen LogP) is 8.89. The van der Waals surface area contributed by atoms with Crippen molar-refractivity contribution in [2.45, 2.75) is 104 Å². The van der Waals surface area contributed by atoms with Gasteiger partial charge in [0, 0.05) is 11.1 Å². The summed E-state index contributed by atoms with van der Waals surface area (Å²) in [4.78, 5) is 26.9. The Hall–Kier alpha value is -3.80. The maximum absolute atomic E-state index is 13.4. The van der Waals surface area contributed by atoms with Crippen LogP contribution < -0.4 is 20.1 Å². The smallest absolute Gasteiger partial charge is 0.253 e. The topological polar surface area (TPSA) is 76.7 Å². The molecule has 0 aliphatic rings. The number of methoxy groups -OCH3 is 1. The van der Waals surface area contributed by atoms with Crippen LogP contribution in [-0.2, 0) is 10.8 Å². The van der Waals surface area contributed by atoms with Crippen LogP contribution >= 0.6 is 0 Å². The highest BCUT2D eigenvalue weighted by Gasteiger charge is 2.22. The molecule has 6 heteroatoms. The maximum Gasteiger partial charge on any atom is 0.253 e.